The molecule has 0 heterocycles. The number of ether oxygens (including phenoxy) is 1. The molecule has 0 spiro atoms. The van der Waals surface area contributed by atoms with Gasteiger partial charge in [0.2, 0.25) is 0 Å². The summed E-state index contributed by atoms with van der Waals surface area (Å²) < 4.78 is 4.78. The van der Waals surface area contributed by atoms with Crippen LogP contribution >= 0.6 is 0 Å². The van der Waals surface area contributed by atoms with Crippen LogP contribution in [0.2, 0.25) is 0 Å². The second-order valence-corrected chi connectivity index (χ2v) is 3.01. The summed E-state index contributed by atoms with van der Waals surface area (Å²) in [6, 6.07) is 10.3. The highest BCUT2D eigenvalue weighted by atomic mass is 16.5. The zero-order chi connectivity index (χ0) is 12.0. The molecule has 0 unspecified atom stereocenters. The van der Waals surface area contributed by atoms with Gasteiger partial charge < -0.3 is 4.74 Å². The molecule has 0 aliphatic heterocycles. The first-order valence-electron chi connectivity index (χ1n) is 4.79. The van der Waals surface area contributed by atoms with Crippen LogP contribution in [0.3, 0.4) is 0 Å². The zero-order valence-corrected chi connectivity index (χ0v) is 8.80. The van der Waals surface area contributed by atoms with Gasteiger partial charge in [0.1, 0.15) is 0 Å². The number of hydrogen-bond donors (Lipinski definition) is 0. The van der Waals surface area contributed by atoms with Crippen molar-refractivity contribution in [1.29, 1.82) is 10.5 Å². The topological polar surface area (TPSA) is 73.9 Å². The Balaban J connectivity index is 3.11. The van der Waals surface area contributed by atoms with Crippen molar-refractivity contribution in [1.82, 2.24) is 0 Å². The van der Waals surface area contributed by atoms with E-state index in [0.717, 1.165) is 0 Å². The van der Waals surface area contributed by atoms with Crippen LogP contribution in [0.5, 0.6) is 0 Å². The average Bonchev–Trinajstić information content (AvgIpc) is 2.31. The molecule has 0 bridgehead atoms. The molecule has 16 heavy (non-hydrogen) atoms. The lowest BCUT2D eigenvalue weighted by molar-refractivity contribution is -0.143. The smallest absolute Gasteiger partial charge is 0.327 e. The SMILES string of the molecule is CCOC(=O)[C@H](C#N)c1ccccc1C#N. The van der Waals surface area contributed by atoms with E-state index in [2.05, 4.69) is 0 Å². The number of rotatable bonds is 3. The Bertz CT molecular complexity index is 469. The molecule has 0 radical (unpaired) electrons. The Morgan fingerprint density at radius 2 is 2.12 bits per heavy atom. The summed E-state index contributed by atoms with van der Waals surface area (Å²) in [6.07, 6.45) is 0. The Morgan fingerprint density at radius 1 is 1.44 bits per heavy atom. The van der Waals surface area contributed by atoms with E-state index in [4.69, 9.17) is 15.3 Å². The monoisotopic (exact) mass is 214 g/mol. The first-order chi connectivity index (χ1) is 7.74. The molecule has 80 valence electrons. The van der Waals surface area contributed by atoms with E-state index in [0.29, 0.717) is 11.1 Å². The van der Waals surface area contributed by atoms with Crippen molar-refractivity contribution in [2.24, 2.45) is 0 Å². The van der Waals surface area contributed by atoms with Crippen LogP contribution in [0, 0.1) is 22.7 Å². The van der Waals surface area contributed by atoms with Gasteiger partial charge in [-0.1, -0.05) is 18.2 Å². The number of benzene rings is 1. The quantitative estimate of drug-likeness (QED) is 0.718. The third-order valence-corrected chi connectivity index (χ3v) is 2.04. The van der Waals surface area contributed by atoms with Crippen LogP contribution < -0.4 is 0 Å². The molecule has 4 heteroatoms. The fourth-order valence-corrected chi connectivity index (χ4v) is 1.33. The Hall–Kier alpha value is -2.33. The first kappa shape index (κ1) is 11.7. The number of carbonyl (C=O) groups is 1. The molecule has 0 saturated heterocycles. The molecule has 0 fully saturated rings. The van der Waals surface area contributed by atoms with Crippen LogP contribution in [0.1, 0.15) is 24.0 Å². The maximum atomic E-state index is 11.5. The molecular weight excluding hydrogens is 204 g/mol. The molecular formula is C12H10N2O2. The lowest BCUT2D eigenvalue weighted by Gasteiger charge is -2.09. The number of esters is 1. The van der Waals surface area contributed by atoms with E-state index < -0.39 is 11.9 Å². The summed E-state index contributed by atoms with van der Waals surface area (Å²) in [6.45, 7) is 1.88. The summed E-state index contributed by atoms with van der Waals surface area (Å²) in [5.41, 5.74) is 0.716. The highest BCUT2D eigenvalue weighted by Crippen LogP contribution is 2.20. The van der Waals surface area contributed by atoms with Gasteiger partial charge in [-0.15, -0.1) is 0 Å². The van der Waals surface area contributed by atoms with Gasteiger partial charge in [-0.3, -0.25) is 4.79 Å². The maximum Gasteiger partial charge on any atom is 0.327 e. The van der Waals surface area contributed by atoms with Crippen molar-refractivity contribution in [3.05, 3.63) is 35.4 Å². The van der Waals surface area contributed by atoms with Crippen molar-refractivity contribution in [3.63, 3.8) is 0 Å². The molecule has 0 saturated carbocycles. The van der Waals surface area contributed by atoms with Crippen molar-refractivity contribution < 1.29 is 9.53 Å². The lowest BCUT2D eigenvalue weighted by atomic mass is 9.96. The van der Waals surface area contributed by atoms with E-state index >= 15 is 0 Å². The van der Waals surface area contributed by atoms with Crippen LogP contribution in [0.25, 0.3) is 0 Å². The number of nitriles is 2. The van der Waals surface area contributed by atoms with Crippen molar-refractivity contribution in [2.75, 3.05) is 6.61 Å². The third-order valence-electron chi connectivity index (χ3n) is 2.04. The van der Waals surface area contributed by atoms with Gasteiger partial charge in [0.15, 0.2) is 5.92 Å². The van der Waals surface area contributed by atoms with E-state index in [9.17, 15) is 4.79 Å². The van der Waals surface area contributed by atoms with E-state index in [1.807, 2.05) is 12.1 Å². The van der Waals surface area contributed by atoms with Crippen LogP contribution in [-0.2, 0) is 9.53 Å². The predicted octanol–water partition coefficient (Wildman–Crippen LogP) is 1.73. The largest absolute Gasteiger partial charge is 0.465 e. The highest BCUT2D eigenvalue weighted by Gasteiger charge is 2.23. The maximum absolute atomic E-state index is 11.5. The molecule has 1 atom stereocenters. The van der Waals surface area contributed by atoms with Crippen molar-refractivity contribution in [3.8, 4) is 12.1 Å². The molecule has 1 aromatic carbocycles. The third kappa shape index (κ3) is 2.37. The molecule has 0 N–H and O–H groups in total. The van der Waals surface area contributed by atoms with Gasteiger partial charge in [-0.2, -0.15) is 10.5 Å². The first-order valence-corrected chi connectivity index (χ1v) is 4.79. The van der Waals surface area contributed by atoms with Gasteiger partial charge in [0.05, 0.1) is 24.3 Å². The molecule has 0 aromatic heterocycles. The molecule has 0 aliphatic carbocycles. The Morgan fingerprint density at radius 3 is 2.69 bits per heavy atom. The number of nitrogens with zero attached hydrogens (tertiary/aromatic N) is 2. The Labute approximate surface area is 93.7 Å². The number of carbonyl (C=O) groups excluding carboxylic acids is 1. The minimum Gasteiger partial charge on any atom is -0.465 e. The van der Waals surface area contributed by atoms with E-state index in [1.54, 1.807) is 31.2 Å². The summed E-state index contributed by atoms with van der Waals surface area (Å²) >= 11 is 0. The molecule has 1 aromatic rings. The lowest BCUT2D eigenvalue weighted by Crippen LogP contribution is -2.15. The summed E-state index contributed by atoms with van der Waals surface area (Å²) in [7, 11) is 0. The fraction of sp³-hybridized carbons (Fsp3) is 0.250. The second kappa shape index (κ2) is 5.53. The fourth-order valence-electron chi connectivity index (χ4n) is 1.33. The minimum absolute atomic E-state index is 0.214. The normalized spacial score (nSPS) is 10.9. The summed E-state index contributed by atoms with van der Waals surface area (Å²) in [4.78, 5) is 11.5. The Kier molecular flexibility index (Phi) is 4.06. The van der Waals surface area contributed by atoms with Crippen LogP contribution in [-0.4, -0.2) is 12.6 Å². The van der Waals surface area contributed by atoms with E-state index in [1.165, 1.54) is 0 Å². The van der Waals surface area contributed by atoms with Gasteiger partial charge >= 0.3 is 5.97 Å². The van der Waals surface area contributed by atoms with Gasteiger partial charge in [-0.05, 0) is 18.6 Å². The highest BCUT2D eigenvalue weighted by molar-refractivity contribution is 5.82. The zero-order valence-electron chi connectivity index (χ0n) is 8.80. The molecule has 4 nitrogen and oxygen atoms in total. The van der Waals surface area contributed by atoms with Crippen molar-refractivity contribution >= 4 is 5.97 Å². The van der Waals surface area contributed by atoms with E-state index in [-0.39, 0.29) is 6.61 Å². The molecule has 0 amide bonds. The molecule has 0 aliphatic rings. The average molecular weight is 214 g/mol. The van der Waals surface area contributed by atoms with Gasteiger partial charge in [0, 0.05) is 0 Å². The predicted molar refractivity (Wildman–Crippen MR) is 56.1 cm³/mol. The minimum atomic E-state index is -1.03. The second-order valence-electron chi connectivity index (χ2n) is 3.01. The standard InChI is InChI=1S/C12H10N2O2/c1-2-16-12(15)11(8-14)10-6-4-3-5-9(10)7-13/h3-6,11H,2H2,1H3/t11-/m1/s1. The van der Waals surface area contributed by atoms with Crippen LogP contribution in [0.15, 0.2) is 24.3 Å². The molecule has 1 rings (SSSR count). The van der Waals surface area contributed by atoms with Gasteiger partial charge in [0.25, 0.3) is 0 Å². The van der Waals surface area contributed by atoms with Crippen molar-refractivity contribution in [2.45, 2.75) is 12.8 Å². The summed E-state index contributed by atoms with van der Waals surface area (Å²) in [5.74, 6) is -1.65. The van der Waals surface area contributed by atoms with Gasteiger partial charge in [-0.25, -0.2) is 0 Å². The van der Waals surface area contributed by atoms with Crippen LogP contribution in [0.4, 0.5) is 0 Å². The summed E-state index contributed by atoms with van der Waals surface area (Å²) in [5, 5.41) is 17.8. The number of hydrogen-bond acceptors (Lipinski definition) is 4.